The Morgan fingerprint density at radius 1 is 1.52 bits per heavy atom. The molecule has 1 aliphatic carbocycles. The fourth-order valence-corrected chi connectivity index (χ4v) is 3.55. The van der Waals surface area contributed by atoms with Crippen molar-refractivity contribution in [3.05, 3.63) is 29.5 Å². The van der Waals surface area contributed by atoms with E-state index >= 15 is 0 Å². The van der Waals surface area contributed by atoms with Gasteiger partial charge in [0.25, 0.3) is 0 Å². The fraction of sp³-hybridized carbons (Fsp3) is 0.467. The zero-order valence-corrected chi connectivity index (χ0v) is 12.4. The van der Waals surface area contributed by atoms with E-state index in [0.29, 0.717) is 12.4 Å². The molecular formula is C15H18N2O3S. The van der Waals surface area contributed by atoms with Crippen LogP contribution in [0.25, 0.3) is 10.8 Å². The first-order chi connectivity index (χ1) is 10.2. The minimum absolute atomic E-state index is 0.198. The van der Waals surface area contributed by atoms with Gasteiger partial charge in [-0.05, 0) is 36.8 Å². The lowest BCUT2D eigenvalue weighted by Crippen LogP contribution is -2.28. The Bertz CT molecular complexity index is 594. The van der Waals surface area contributed by atoms with Crippen molar-refractivity contribution in [3.63, 3.8) is 0 Å². The van der Waals surface area contributed by atoms with E-state index in [-0.39, 0.29) is 11.8 Å². The molecule has 0 amide bonds. The summed E-state index contributed by atoms with van der Waals surface area (Å²) in [5.74, 6) is 0.00875. The van der Waals surface area contributed by atoms with Gasteiger partial charge in [0.1, 0.15) is 6.26 Å². The Balaban J connectivity index is 1.51. The molecular weight excluding hydrogens is 288 g/mol. The van der Waals surface area contributed by atoms with E-state index in [4.69, 9.17) is 9.52 Å². The summed E-state index contributed by atoms with van der Waals surface area (Å²) in [4.78, 5) is 16.6. The zero-order chi connectivity index (χ0) is 14.7. The van der Waals surface area contributed by atoms with Crippen LogP contribution in [-0.4, -0.2) is 22.6 Å². The van der Waals surface area contributed by atoms with Crippen molar-refractivity contribution in [2.75, 3.05) is 6.54 Å². The first-order valence-electron chi connectivity index (χ1n) is 7.16. The monoisotopic (exact) mass is 306 g/mol. The number of carboxylic acids is 1. The standard InChI is InChI=1S/C15H18N2O3S/c18-15(19)12-4-1-3-10(12)7-16-8-11-9-20-14(17-11)13-5-2-6-21-13/h2,5-6,9-10,12,16H,1,3-4,7-8H2,(H,18,19). The Labute approximate surface area is 127 Å². The van der Waals surface area contributed by atoms with Gasteiger partial charge >= 0.3 is 5.97 Å². The average molecular weight is 306 g/mol. The van der Waals surface area contributed by atoms with Gasteiger partial charge in [-0.15, -0.1) is 11.3 Å². The lowest BCUT2D eigenvalue weighted by molar-refractivity contribution is -0.142. The van der Waals surface area contributed by atoms with E-state index in [0.717, 1.165) is 36.4 Å². The molecule has 0 aromatic carbocycles. The number of aliphatic carboxylic acids is 1. The summed E-state index contributed by atoms with van der Waals surface area (Å²) in [7, 11) is 0. The molecule has 3 rings (SSSR count). The molecule has 112 valence electrons. The third kappa shape index (κ3) is 3.33. The van der Waals surface area contributed by atoms with Gasteiger partial charge in [0, 0.05) is 6.54 Å². The Morgan fingerprint density at radius 2 is 2.43 bits per heavy atom. The average Bonchev–Trinajstić information content (AvgIpc) is 3.20. The van der Waals surface area contributed by atoms with Crippen LogP contribution in [-0.2, 0) is 11.3 Å². The van der Waals surface area contributed by atoms with Crippen LogP contribution in [0.4, 0.5) is 0 Å². The SMILES string of the molecule is O=C(O)C1CCCC1CNCc1coc(-c2cccs2)n1. The van der Waals surface area contributed by atoms with Gasteiger partial charge in [-0.3, -0.25) is 4.79 Å². The summed E-state index contributed by atoms with van der Waals surface area (Å²) in [6, 6.07) is 3.94. The molecule has 2 heterocycles. The van der Waals surface area contributed by atoms with E-state index in [1.54, 1.807) is 17.6 Å². The second-order valence-electron chi connectivity index (χ2n) is 5.39. The molecule has 1 aliphatic rings. The summed E-state index contributed by atoms with van der Waals surface area (Å²) in [5.41, 5.74) is 0.850. The predicted octanol–water partition coefficient (Wildman–Crippen LogP) is 2.99. The first-order valence-corrected chi connectivity index (χ1v) is 8.04. The molecule has 21 heavy (non-hydrogen) atoms. The second-order valence-corrected chi connectivity index (χ2v) is 6.34. The first kappa shape index (κ1) is 14.3. The van der Waals surface area contributed by atoms with Crippen LogP contribution in [0.2, 0.25) is 0 Å². The molecule has 1 fully saturated rings. The van der Waals surface area contributed by atoms with E-state index in [1.165, 1.54) is 0 Å². The van der Waals surface area contributed by atoms with Crippen LogP contribution in [0.1, 0.15) is 25.0 Å². The molecule has 2 atom stereocenters. The fourth-order valence-electron chi connectivity index (χ4n) is 2.89. The summed E-state index contributed by atoms with van der Waals surface area (Å²) in [6.45, 7) is 1.33. The van der Waals surface area contributed by atoms with Crippen molar-refractivity contribution in [2.24, 2.45) is 11.8 Å². The van der Waals surface area contributed by atoms with Gasteiger partial charge in [-0.1, -0.05) is 12.5 Å². The van der Waals surface area contributed by atoms with Crippen molar-refractivity contribution in [1.29, 1.82) is 0 Å². The molecule has 0 bridgehead atoms. The topological polar surface area (TPSA) is 75.4 Å². The third-order valence-corrected chi connectivity index (χ3v) is 4.83. The van der Waals surface area contributed by atoms with Gasteiger partial charge in [-0.2, -0.15) is 0 Å². The minimum Gasteiger partial charge on any atom is -0.481 e. The summed E-state index contributed by atoms with van der Waals surface area (Å²) in [6.07, 6.45) is 4.46. The summed E-state index contributed by atoms with van der Waals surface area (Å²) in [5, 5.41) is 14.4. The highest BCUT2D eigenvalue weighted by atomic mass is 32.1. The smallest absolute Gasteiger partial charge is 0.306 e. The number of nitrogens with zero attached hydrogens (tertiary/aromatic N) is 1. The number of aromatic nitrogens is 1. The highest BCUT2D eigenvalue weighted by Crippen LogP contribution is 2.31. The number of nitrogens with one attached hydrogen (secondary N) is 1. The van der Waals surface area contributed by atoms with E-state index in [9.17, 15) is 4.79 Å². The highest BCUT2D eigenvalue weighted by Gasteiger charge is 2.32. The van der Waals surface area contributed by atoms with Crippen LogP contribution in [0.3, 0.4) is 0 Å². The summed E-state index contributed by atoms with van der Waals surface area (Å²) < 4.78 is 5.46. The van der Waals surface area contributed by atoms with Crippen molar-refractivity contribution in [2.45, 2.75) is 25.8 Å². The lowest BCUT2D eigenvalue weighted by atomic mass is 9.96. The van der Waals surface area contributed by atoms with Crippen LogP contribution in [0.5, 0.6) is 0 Å². The quantitative estimate of drug-likeness (QED) is 0.858. The molecule has 0 radical (unpaired) electrons. The largest absolute Gasteiger partial charge is 0.481 e. The Hall–Kier alpha value is -1.66. The van der Waals surface area contributed by atoms with Gasteiger partial charge in [0.2, 0.25) is 5.89 Å². The maximum Gasteiger partial charge on any atom is 0.306 e. The molecule has 0 saturated heterocycles. The normalized spacial score (nSPS) is 21.7. The van der Waals surface area contributed by atoms with Crippen molar-refractivity contribution < 1.29 is 14.3 Å². The van der Waals surface area contributed by atoms with E-state index in [1.807, 2.05) is 17.5 Å². The molecule has 2 aromatic rings. The molecule has 6 heteroatoms. The van der Waals surface area contributed by atoms with Crippen LogP contribution in [0.15, 0.2) is 28.2 Å². The maximum atomic E-state index is 11.1. The van der Waals surface area contributed by atoms with Crippen LogP contribution < -0.4 is 5.32 Å². The molecule has 0 aliphatic heterocycles. The Kier molecular flexibility index (Phi) is 4.36. The molecule has 1 saturated carbocycles. The molecule has 2 unspecified atom stereocenters. The van der Waals surface area contributed by atoms with Gasteiger partial charge in [0.05, 0.1) is 16.5 Å². The van der Waals surface area contributed by atoms with Crippen molar-refractivity contribution in [1.82, 2.24) is 10.3 Å². The van der Waals surface area contributed by atoms with E-state index < -0.39 is 5.97 Å². The van der Waals surface area contributed by atoms with E-state index in [2.05, 4.69) is 10.3 Å². The van der Waals surface area contributed by atoms with Crippen LogP contribution >= 0.6 is 11.3 Å². The minimum atomic E-state index is -0.666. The summed E-state index contributed by atoms with van der Waals surface area (Å²) >= 11 is 1.60. The van der Waals surface area contributed by atoms with Crippen molar-refractivity contribution in [3.8, 4) is 10.8 Å². The van der Waals surface area contributed by atoms with Crippen molar-refractivity contribution >= 4 is 17.3 Å². The number of thiophene rings is 1. The Morgan fingerprint density at radius 3 is 3.19 bits per heavy atom. The number of hydrogen-bond acceptors (Lipinski definition) is 5. The lowest BCUT2D eigenvalue weighted by Gasteiger charge is -2.15. The van der Waals surface area contributed by atoms with Gasteiger partial charge < -0.3 is 14.8 Å². The highest BCUT2D eigenvalue weighted by molar-refractivity contribution is 7.13. The maximum absolute atomic E-state index is 11.1. The molecule has 5 nitrogen and oxygen atoms in total. The third-order valence-electron chi connectivity index (χ3n) is 3.97. The zero-order valence-electron chi connectivity index (χ0n) is 11.6. The second kappa shape index (κ2) is 6.41. The number of carbonyl (C=O) groups is 1. The molecule has 2 aromatic heterocycles. The van der Waals surface area contributed by atoms with Crippen LogP contribution in [0, 0.1) is 11.8 Å². The number of oxazole rings is 1. The van der Waals surface area contributed by atoms with Gasteiger partial charge in [0.15, 0.2) is 0 Å². The molecule has 2 N–H and O–H groups in total. The van der Waals surface area contributed by atoms with Gasteiger partial charge in [-0.25, -0.2) is 4.98 Å². The molecule has 0 spiro atoms. The number of hydrogen-bond donors (Lipinski definition) is 2. The predicted molar refractivity (Wildman–Crippen MR) is 80.0 cm³/mol. The number of rotatable bonds is 6. The number of carboxylic acid groups (broad SMARTS) is 1.